The second kappa shape index (κ2) is 9.55. The van der Waals surface area contributed by atoms with Crippen LogP contribution >= 0.6 is 0 Å². The van der Waals surface area contributed by atoms with E-state index in [4.69, 9.17) is 9.47 Å². The molecule has 0 aromatic rings. The predicted molar refractivity (Wildman–Crippen MR) is 92.8 cm³/mol. The predicted octanol–water partition coefficient (Wildman–Crippen LogP) is 4.18. The molecule has 0 amide bonds. The van der Waals surface area contributed by atoms with Gasteiger partial charge in [0.25, 0.3) is 0 Å². The van der Waals surface area contributed by atoms with Gasteiger partial charge in [-0.3, -0.25) is 0 Å². The highest BCUT2D eigenvalue weighted by molar-refractivity contribution is 5.06. The minimum atomic E-state index is -0.563. The van der Waals surface area contributed by atoms with E-state index >= 15 is 0 Å². The van der Waals surface area contributed by atoms with Crippen molar-refractivity contribution in [3.05, 3.63) is 0 Å². The number of ether oxygens (including phenoxy) is 2. The molecule has 0 unspecified atom stereocenters. The minimum Gasteiger partial charge on any atom is -0.380 e. The Morgan fingerprint density at radius 1 is 1.09 bits per heavy atom. The molecule has 0 saturated heterocycles. The maximum atomic E-state index is 10.1. The van der Waals surface area contributed by atoms with E-state index < -0.39 is 6.10 Å². The van der Waals surface area contributed by atoms with Gasteiger partial charge in [-0.05, 0) is 60.3 Å². The summed E-state index contributed by atoms with van der Waals surface area (Å²) in [5, 5.41) is 10.1. The van der Waals surface area contributed by atoms with Crippen LogP contribution in [0.5, 0.6) is 0 Å². The van der Waals surface area contributed by atoms with Gasteiger partial charge in [0.05, 0.1) is 17.3 Å². The molecule has 0 aliphatic carbocycles. The highest BCUT2D eigenvalue weighted by atomic mass is 16.5. The van der Waals surface area contributed by atoms with E-state index in [1.807, 2.05) is 34.6 Å². The summed E-state index contributed by atoms with van der Waals surface area (Å²) < 4.78 is 11.2. The SMILES string of the molecule is COC(C)(C)CCC[C@@H](C)[C@@H](O)C#CC[C@@H](C)OC(C)(C)C. The Labute approximate surface area is 137 Å². The molecule has 1 N–H and O–H groups in total. The molecular formula is C19H36O3. The number of hydrogen-bond donors (Lipinski definition) is 1. The summed E-state index contributed by atoms with van der Waals surface area (Å²) in [7, 11) is 1.74. The van der Waals surface area contributed by atoms with E-state index in [0.717, 1.165) is 19.3 Å². The average molecular weight is 312 g/mol. The molecule has 3 atom stereocenters. The smallest absolute Gasteiger partial charge is 0.117 e. The molecule has 0 aromatic heterocycles. The Kier molecular flexibility index (Phi) is 9.31. The summed E-state index contributed by atoms with van der Waals surface area (Å²) in [4.78, 5) is 0. The second-order valence-electron chi connectivity index (χ2n) is 7.84. The molecule has 0 spiro atoms. The zero-order valence-corrected chi connectivity index (χ0v) is 15.8. The van der Waals surface area contributed by atoms with Crippen LogP contribution in [0.1, 0.15) is 74.1 Å². The third kappa shape index (κ3) is 11.1. The Morgan fingerprint density at radius 2 is 1.68 bits per heavy atom. The van der Waals surface area contributed by atoms with Crippen molar-refractivity contribution in [2.45, 2.75) is 97.6 Å². The van der Waals surface area contributed by atoms with Gasteiger partial charge in [-0.2, -0.15) is 0 Å². The van der Waals surface area contributed by atoms with Crippen molar-refractivity contribution in [2.24, 2.45) is 5.92 Å². The van der Waals surface area contributed by atoms with Crippen LogP contribution in [0.3, 0.4) is 0 Å². The van der Waals surface area contributed by atoms with Crippen molar-refractivity contribution in [2.75, 3.05) is 7.11 Å². The molecule has 0 aliphatic rings. The van der Waals surface area contributed by atoms with Crippen molar-refractivity contribution in [3.8, 4) is 11.8 Å². The van der Waals surface area contributed by atoms with E-state index in [1.54, 1.807) is 7.11 Å². The topological polar surface area (TPSA) is 38.7 Å². The van der Waals surface area contributed by atoms with Crippen molar-refractivity contribution < 1.29 is 14.6 Å². The average Bonchev–Trinajstić information content (AvgIpc) is 2.36. The lowest BCUT2D eigenvalue weighted by atomic mass is 9.93. The standard InChI is InChI=1S/C19H36O3/c1-15(11-10-14-19(6,7)21-8)17(20)13-9-12-16(2)22-18(3,4)5/h15-17,20H,10-12,14H2,1-8H3/t15-,16-,17+/m1/s1. The monoisotopic (exact) mass is 312 g/mol. The Balaban J connectivity index is 4.11. The van der Waals surface area contributed by atoms with E-state index in [1.165, 1.54) is 0 Å². The summed E-state index contributed by atoms with van der Waals surface area (Å²) >= 11 is 0. The molecule has 0 rings (SSSR count). The van der Waals surface area contributed by atoms with Crippen molar-refractivity contribution >= 4 is 0 Å². The molecule has 22 heavy (non-hydrogen) atoms. The number of aliphatic hydroxyl groups excluding tert-OH is 1. The number of hydrogen-bond acceptors (Lipinski definition) is 3. The molecule has 0 saturated carbocycles. The lowest BCUT2D eigenvalue weighted by Crippen LogP contribution is -2.25. The first kappa shape index (κ1) is 21.4. The highest BCUT2D eigenvalue weighted by Crippen LogP contribution is 2.20. The van der Waals surface area contributed by atoms with Gasteiger partial charge in [0.1, 0.15) is 6.10 Å². The highest BCUT2D eigenvalue weighted by Gasteiger charge is 2.18. The zero-order chi connectivity index (χ0) is 17.4. The van der Waals surface area contributed by atoms with Gasteiger partial charge in [0.2, 0.25) is 0 Å². The second-order valence-corrected chi connectivity index (χ2v) is 7.84. The van der Waals surface area contributed by atoms with Gasteiger partial charge < -0.3 is 14.6 Å². The molecule has 0 heterocycles. The lowest BCUT2D eigenvalue weighted by molar-refractivity contribution is -0.0485. The van der Waals surface area contributed by atoms with Crippen molar-refractivity contribution in [1.82, 2.24) is 0 Å². The van der Waals surface area contributed by atoms with Gasteiger partial charge in [0.15, 0.2) is 0 Å². The van der Waals surface area contributed by atoms with Crippen LogP contribution in [0.2, 0.25) is 0 Å². The molecule has 3 nitrogen and oxygen atoms in total. The Hall–Kier alpha value is -0.560. The van der Waals surface area contributed by atoms with Gasteiger partial charge in [-0.1, -0.05) is 25.2 Å². The van der Waals surface area contributed by atoms with Crippen LogP contribution in [0.15, 0.2) is 0 Å². The van der Waals surface area contributed by atoms with E-state index in [9.17, 15) is 5.11 Å². The summed E-state index contributed by atoms with van der Waals surface area (Å²) in [6, 6.07) is 0. The molecule has 0 bridgehead atoms. The fraction of sp³-hybridized carbons (Fsp3) is 0.895. The lowest BCUT2D eigenvalue weighted by Gasteiger charge is -2.24. The molecule has 0 aliphatic heterocycles. The number of aliphatic hydroxyl groups is 1. The molecule has 130 valence electrons. The van der Waals surface area contributed by atoms with Crippen LogP contribution in [-0.2, 0) is 9.47 Å². The fourth-order valence-corrected chi connectivity index (χ4v) is 2.20. The quantitative estimate of drug-likeness (QED) is 0.683. The van der Waals surface area contributed by atoms with E-state index in [0.29, 0.717) is 6.42 Å². The maximum absolute atomic E-state index is 10.1. The summed E-state index contributed by atoms with van der Waals surface area (Å²) in [6.45, 7) is 14.4. The van der Waals surface area contributed by atoms with Crippen LogP contribution < -0.4 is 0 Å². The van der Waals surface area contributed by atoms with Crippen LogP contribution in [0.25, 0.3) is 0 Å². The Bertz CT molecular complexity index is 357. The summed E-state index contributed by atoms with van der Waals surface area (Å²) in [6.07, 6.45) is 3.15. The molecule has 0 aromatic carbocycles. The van der Waals surface area contributed by atoms with Gasteiger partial charge in [0, 0.05) is 13.5 Å². The van der Waals surface area contributed by atoms with Crippen LogP contribution in [0, 0.1) is 17.8 Å². The molecular weight excluding hydrogens is 276 g/mol. The molecule has 0 radical (unpaired) electrons. The number of methoxy groups -OCH3 is 1. The van der Waals surface area contributed by atoms with Crippen molar-refractivity contribution in [1.29, 1.82) is 0 Å². The normalized spacial score (nSPS) is 16.6. The maximum Gasteiger partial charge on any atom is 0.117 e. The molecule has 3 heteroatoms. The van der Waals surface area contributed by atoms with E-state index in [-0.39, 0.29) is 23.2 Å². The van der Waals surface area contributed by atoms with Gasteiger partial charge in [-0.15, -0.1) is 0 Å². The minimum absolute atomic E-state index is 0.0810. The first-order chi connectivity index (χ1) is 9.97. The summed E-state index contributed by atoms with van der Waals surface area (Å²) in [5.41, 5.74) is -0.239. The third-order valence-electron chi connectivity index (χ3n) is 3.72. The fourth-order valence-electron chi connectivity index (χ4n) is 2.20. The van der Waals surface area contributed by atoms with Crippen molar-refractivity contribution in [3.63, 3.8) is 0 Å². The van der Waals surface area contributed by atoms with Crippen LogP contribution in [-0.4, -0.2) is 35.6 Å². The van der Waals surface area contributed by atoms with E-state index in [2.05, 4.69) is 25.7 Å². The third-order valence-corrected chi connectivity index (χ3v) is 3.72. The first-order valence-corrected chi connectivity index (χ1v) is 8.36. The first-order valence-electron chi connectivity index (χ1n) is 8.36. The van der Waals surface area contributed by atoms with Gasteiger partial charge >= 0.3 is 0 Å². The largest absolute Gasteiger partial charge is 0.380 e. The molecule has 0 fully saturated rings. The Morgan fingerprint density at radius 3 is 2.18 bits per heavy atom. The zero-order valence-electron chi connectivity index (χ0n) is 15.8. The van der Waals surface area contributed by atoms with Crippen LogP contribution in [0.4, 0.5) is 0 Å². The van der Waals surface area contributed by atoms with Gasteiger partial charge in [-0.25, -0.2) is 0 Å². The number of rotatable bonds is 8. The summed E-state index contributed by atoms with van der Waals surface area (Å²) in [5.74, 6) is 6.19.